The molecule has 1 nitrogen and oxygen atoms in total. The van der Waals surface area contributed by atoms with Gasteiger partial charge in [-0.2, -0.15) is 0 Å². The van der Waals surface area contributed by atoms with Gasteiger partial charge >= 0.3 is 0 Å². The third-order valence-corrected chi connectivity index (χ3v) is 1.18. The highest BCUT2D eigenvalue weighted by atomic mass is 14.6. The van der Waals surface area contributed by atoms with Gasteiger partial charge in [-0.25, -0.2) is 0 Å². The molecule has 10 heavy (non-hydrogen) atoms. The van der Waals surface area contributed by atoms with Crippen LogP contribution in [0, 0.1) is 0 Å². The predicted octanol–water partition coefficient (Wildman–Crippen LogP) is 1.80. The van der Waals surface area contributed by atoms with Crippen molar-refractivity contribution in [2.45, 2.75) is 6.04 Å². The molecule has 0 rings (SSSR count). The van der Waals surface area contributed by atoms with Crippen molar-refractivity contribution in [2.75, 3.05) is 0 Å². The molecule has 0 amide bonds. The molecule has 0 spiro atoms. The third-order valence-electron chi connectivity index (χ3n) is 1.18. The highest BCUT2D eigenvalue weighted by molar-refractivity contribution is 5.29. The SMILES string of the molecule is C=C/C=C(\C=C)C(N)C=C. The smallest absolute Gasteiger partial charge is 0.0478 e. The molecular formula is C9H13N. The second-order valence-corrected chi connectivity index (χ2v) is 1.87. The number of rotatable bonds is 4. The maximum Gasteiger partial charge on any atom is 0.0478 e. The lowest BCUT2D eigenvalue weighted by Gasteiger charge is -2.04. The summed E-state index contributed by atoms with van der Waals surface area (Å²) in [6.07, 6.45) is 6.87. The van der Waals surface area contributed by atoms with Crippen molar-refractivity contribution >= 4 is 0 Å². The Balaban J connectivity index is 4.32. The summed E-state index contributed by atoms with van der Waals surface area (Å²) in [7, 11) is 0. The summed E-state index contributed by atoms with van der Waals surface area (Å²) < 4.78 is 0. The van der Waals surface area contributed by atoms with Crippen molar-refractivity contribution in [2.24, 2.45) is 5.73 Å². The van der Waals surface area contributed by atoms with E-state index in [1.54, 1.807) is 18.2 Å². The molecular weight excluding hydrogens is 122 g/mol. The number of hydrogen-bond acceptors (Lipinski definition) is 1. The zero-order valence-corrected chi connectivity index (χ0v) is 6.09. The summed E-state index contributed by atoms with van der Waals surface area (Å²) >= 11 is 0. The molecule has 0 aliphatic rings. The Labute approximate surface area is 62.2 Å². The maximum atomic E-state index is 5.61. The molecule has 1 heteroatoms. The minimum absolute atomic E-state index is 0.129. The zero-order chi connectivity index (χ0) is 7.98. The Bertz CT molecular complexity index is 166. The van der Waals surface area contributed by atoms with E-state index < -0.39 is 0 Å². The van der Waals surface area contributed by atoms with Crippen LogP contribution in [0.25, 0.3) is 0 Å². The van der Waals surface area contributed by atoms with Gasteiger partial charge in [-0.3, -0.25) is 0 Å². The molecule has 0 radical (unpaired) electrons. The Morgan fingerprint density at radius 1 is 1.30 bits per heavy atom. The molecule has 0 saturated carbocycles. The monoisotopic (exact) mass is 135 g/mol. The largest absolute Gasteiger partial charge is 0.321 e. The molecule has 0 heterocycles. The first kappa shape index (κ1) is 8.92. The number of allylic oxidation sites excluding steroid dienone is 2. The van der Waals surface area contributed by atoms with E-state index in [9.17, 15) is 0 Å². The zero-order valence-electron chi connectivity index (χ0n) is 6.09. The molecule has 54 valence electrons. The van der Waals surface area contributed by atoms with Crippen LogP contribution in [0.5, 0.6) is 0 Å². The van der Waals surface area contributed by atoms with Crippen molar-refractivity contribution in [3.8, 4) is 0 Å². The molecule has 0 aromatic rings. The first-order chi connectivity index (χ1) is 4.76. The van der Waals surface area contributed by atoms with Crippen LogP contribution in [-0.2, 0) is 0 Å². The Morgan fingerprint density at radius 2 is 1.90 bits per heavy atom. The Kier molecular flexibility index (Phi) is 4.25. The average Bonchev–Trinajstić information content (AvgIpc) is 1.99. The van der Waals surface area contributed by atoms with Crippen LogP contribution < -0.4 is 5.73 Å². The third kappa shape index (κ3) is 2.46. The lowest BCUT2D eigenvalue weighted by atomic mass is 10.1. The van der Waals surface area contributed by atoms with Gasteiger partial charge < -0.3 is 5.73 Å². The molecule has 0 bridgehead atoms. The number of hydrogen-bond donors (Lipinski definition) is 1. The van der Waals surface area contributed by atoms with Gasteiger partial charge in [0.05, 0.1) is 0 Å². The van der Waals surface area contributed by atoms with Gasteiger partial charge in [0, 0.05) is 6.04 Å². The second kappa shape index (κ2) is 4.77. The summed E-state index contributed by atoms with van der Waals surface area (Å²) in [5.41, 5.74) is 6.54. The predicted molar refractivity (Wildman–Crippen MR) is 46.6 cm³/mol. The maximum absolute atomic E-state index is 5.61. The van der Waals surface area contributed by atoms with Crippen LogP contribution in [0.15, 0.2) is 49.6 Å². The second-order valence-electron chi connectivity index (χ2n) is 1.87. The fourth-order valence-electron chi connectivity index (χ4n) is 0.587. The molecule has 2 N–H and O–H groups in total. The van der Waals surface area contributed by atoms with E-state index in [0.717, 1.165) is 5.57 Å². The highest BCUT2D eigenvalue weighted by Gasteiger charge is 1.97. The van der Waals surface area contributed by atoms with E-state index in [4.69, 9.17) is 5.73 Å². The van der Waals surface area contributed by atoms with Gasteiger partial charge in [-0.05, 0) is 5.57 Å². The van der Waals surface area contributed by atoms with E-state index in [1.165, 1.54) is 0 Å². The standard InChI is InChI=1S/C9H13N/c1-4-7-8(5-2)9(10)6-3/h4-7,9H,1-3,10H2/b8-7+. The molecule has 0 aliphatic carbocycles. The number of nitrogens with two attached hydrogens (primary N) is 1. The lowest BCUT2D eigenvalue weighted by Crippen LogP contribution is -2.17. The lowest BCUT2D eigenvalue weighted by molar-refractivity contribution is 0.984. The van der Waals surface area contributed by atoms with E-state index in [0.29, 0.717) is 0 Å². The minimum atomic E-state index is -0.129. The Hall–Kier alpha value is -1.08. The van der Waals surface area contributed by atoms with Crippen LogP contribution in [0.3, 0.4) is 0 Å². The van der Waals surface area contributed by atoms with E-state index in [1.807, 2.05) is 6.08 Å². The first-order valence-electron chi connectivity index (χ1n) is 3.09. The van der Waals surface area contributed by atoms with Gasteiger partial charge in [0.25, 0.3) is 0 Å². The summed E-state index contributed by atoms with van der Waals surface area (Å²) in [5.74, 6) is 0. The van der Waals surface area contributed by atoms with Gasteiger partial charge in [0.2, 0.25) is 0 Å². The van der Waals surface area contributed by atoms with Crippen LogP contribution >= 0.6 is 0 Å². The van der Waals surface area contributed by atoms with Crippen molar-refractivity contribution in [1.82, 2.24) is 0 Å². The fraction of sp³-hybridized carbons (Fsp3) is 0.111. The summed E-state index contributed by atoms with van der Waals surface area (Å²) in [6.45, 7) is 10.7. The summed E-state index contributed by atoms with van der Waals surface area (Å²) in [4.78, 5) is 0. The van der Waals surface area contributed by atoms with Gasteiger partial charge in [-0.15, -0.1) is 6.58 Å². The minimum Gasteiger partial charge on any atom is -0.321 e. The average molecular weight is 135 g/mol. The first-order valence-corrected chi connectivity index (χ1v) is 3.09. The Morgan fingerprint density at radius 3 is 2.20 bits per heavy atom. The van der Waals surface area contributed by atoms with Crippen molar-refractivity contribution in [3.63, 3.8) is 0 Å². The van der Waals surface area contributed by atoms with Crippen molar-refractivity contribution in [1.29, 1.82) is 0 Å². The topological polar surface area (TPSA) is 26.0 Å². The van der Waals surface area contributed by atoms with Crippen LogP contribution in [-0.4, -0.2) is 6.04 Å². The van der Waals surface area contributed by atoms with Gasteiger partial charge in [0.15, 0.2) is 0 Å². The van der Waals surface area contributed by atoms with Gasteiger partial charge in [0.1, 0.15) is 0 Å². The quantitative estimate of drug-likeness (QED) is 0.461. The summed E-state index contributed by atoms with van der Waals surface area (Å²) in [6, 6.07) is -0.129. The fourth-order valence-corrected chi connectivity index (χ4v) is 0.587. The molecule has 0 saturated heterocycles. The molecule has 0 aromatic heterocycles. The molecule has 1 unspecified atom stereocenters. The van der Waals surface area contributed by atoms with Crippen molar-refractivity contribution in [3.05, 3.63) is 49.6 Å². The molecule has 0 fully saturated rings. The summed E-state index contributed by atoms with van der Waals surface area (Å²) in [5, 5.41) is 0. The normalized spacial score (nSPS) is 13.9. The van der Waals surface area contributed by atoms with Crippen LogP contribution in [0.1, 0.15) is 0 Å². The van der Waals surface area contributed by atoms with E-state index >= 15 is 0 Å². The van der Waals surface area contributed by atoms with Crippen LogP contribution in [0.4, 0.5) is 0 Å². The van der Waals surface area contributed by atoms with E-state index in [-0.39, 0.29) is 6.04 Å². The molecule has 0 aliphatic heterocycles. The van der Waals surface area contributed by atoms with E-state index in [2.05, 4.69) is 19.7 Å². The van der Waals surface area contributed by atoms with Gasteiger partial charge in [-0.1, -0.05) is 37.5 Å². The molecule has 1 atom stereocenters. The highest BCUT2D eigenvalue weighted by Crippen LogP contribution is 2.01. The molecule has 0 aromatic carbocycles. The van der Waals surface area contributed by atoms with Crippen molar-refractivity contribution < 1.29 is 0 Å². The van der Waals surface area contributed by atoms with Crippen LogP contribution in [0.2, 0.25) is 0 Å².